The Hall–Kier alpha value is -4.18. The van der Waals surface area contributed by atoms with Crippen molar-refractivity contribution in [2.75, 3.05) is 6.61 Å². The molecule has 0 saturated carbocycles. The van der Waals surface area contributed by atoms with E-state index in [-0.39, 0.29) is 23.9 Å². The van der Waals surface area contributed by atoms with Gasteiger partial charge in [-0.1, -0.05) is 78.9 Å². The van der Waals surface area contributed by atoms with Gasteiger partial charge in [0.15, 0.2) is 18.1 Å². The van der Waals surface area contributed by atoms with Crippen LogP contribution in [0.3, 0.4) is 0 Å². The predicted molar refractivity (Wildman–Crippen MR) is 120 cm³/mol. The maximum absolute atomic E-state index is 13.0. The van der Waals surface area contributed by atoms with E-state index < -0.39 is 0 Å². The second-order valence-corrected chi connectivity index (χ2v) is 7.23. The normalized spacial score (nSPS) is 11.0. The lowest BCUT2D eigenvalue weighted by Gasteiger charge is -2.07. The predicted octanol–water partition coefficient (Wildman–Crippen LogP) is 6.08. The third-order valence-corrected chi connectivity index (χ3v) is 5.21. The molecule has 0 aliphatic carbocycles. The van der Waals surface area contributed by atoms with Gasteiger partial charge >= 0.3 is 0 Å². The maximum Gasteiger partial charge on any atom is 0.232 e. The molecule has 150 valence electrons. The van der Waals surface area contributed by atoms with E-state index in [1.807, 2.05) is 60.7 Å². The zero-order valence-corrected chi connectivity index (χ0v) is 16.6. The molecule has 0 N–H and O–H groups in total. The second-order valence-electron chi connectivity index (χ2n) is 7.23. The lowest BCUT2D eigenvalue weighted by molar-refractivity contribution is 0.0912. The van der Waals surface area contributed by atoms with Gasteiger partial charge in [-0.25, -0.2) is 0 Å². The van der Waals surface area contributed by atoms with E-state index in [1.165, 1.54) is 0 Å². The van der Waals surface area contributed by atoms with Gasteiger partial charge in [0.05, 0.1) is 5.39 Å². The SMILES string of the molecule is O=C(COc1c(C(=O)c2ccccc2)oc2ccccc12)c1ccc2ccccc2c1. The first-order valence-corrected chi connectivity index (χ1v) is 9.97. The van der Waals surface area contributed by atoms with Crippen LogP contribution in [0.2, 0.25) is 0 Å². The van der Waals surface area contributed by atoms with Gasteiger partial charge in [0.1, 0.15) is 5.58 Å². The van der Waals surface area contributed by atoms with Crippen LogP contribution in [-0.2, 0) is 0 Å². The van der Waals surface area contributed by atoms with Gasteiger partial charge in [0.25, 0.3) is 0 Å². The summed E-state index contributed by atoms with van der Waals surface area (Å²) in [5.74, 6) is -0.0728. The van der Waals surface area contributed by atoms with Crippen molar-refractivity contribution >= 4 is 33.3 Å². The summed E-state index contributed by atoms with van der Waals surface area (Å²) in [6.07, 6.45) is 0. The summed E-state index contributed by atoms with van der Waals surface area (Å²) in [4.78, 5) is 25.9. The topological polar surface area (TPSA) is 56.5 Å². The van der Waals surface area contributed by atoms with Crippen molar-refractivity contribution < 1.29 is 18.7 Å². The molecule has 0 radical (unpaired) electrons. The van der Waals surface area contributed by atoms with E-state index in [2.05, 4.69) is 0 Å². The minimum atomic E-state index is -0.287. The van der Waals surface area contributed by atoms with Crippen molar-refractivity contribution in [2.45, 2.75) is 0 Å². The first kappa shape index (κ1) is 18.8. The van der Waals surface area contributed by atoms with Crippen LogP contribution < -0.4 is 4.74 Å². The monoisotopic (exact) mass is 406 g/mol. The van der Waals surface area contributed by atoms with Gasteiger partial charge in [0, 0.05) is 11.1 Å². The summed E-state index contributed by atoms with van der Waals surface area (Å²) in [5, 5.41) is 2.71. The number of Topliss-reactive ketones (excluding diaryl/α,β-unsaturated/α-hetero) is 1. The van der Waals surface area contributed by atoms with Crippen molar-refractivity contribution in [3.05, 3.63) is 114 Å². The number of ketones is 2. The molecular formula is C27H18O4. The Balaban J connectivity index is 1.46. The number of carbonyl (C=O) groups excluding carboxylic acids is 2. The van der Waals surface area contributed by atoms with Crippen LogP contribution in [0, 0.1) is 0 Å². The average Bonchev–Trinajstić information content (AvgIpc) is 3.20. The molecule has 31 heavy (non-hydrogen) atoms. The largest absolute Gasteiger partial charge is 0.481 e. The molecule has 4 aromatic carbocycles. The Morgan fingerprint density at radius 1 is 0.710 bits per heavy atom. The molecule has 0 aliphatic rings. The first-order chi connectivity index (χ1) is 15.2. The quantitative estimate of drug-likeness (QED) is 0.321. The van der Waals surface area contributed by atoms with Gasteiger partial charge in [-0.2, -0.15) is 0 Å². The van der Waals surface area contributed by atoms with Gasteiger partial charge in [0.2, 0.25) is 11.5 Å². The molecule has 0 spiro atoms. The molecular weight excluding hydrogens is 388 g/mol. The van der Waals surface area contributed by atoms with Gasteiger partial charge < -0.3 is 9.15 Å². The van der Waals surface area contributed by atoms with E-state index in [4.69, 9.17) is 9.15 Å². The lowest BCUT2D eigenvalue weighted by atomic mass is 10.0. The van der Waals surface area contributed by atoms with E-state index in [0.717, 1.165) is 10.8 Å². The summed E-state index contributed by atoms with van der Waals surface area (Å²) < 4.78 is 11.7. The van der Waals surface area contributed by atoms with E-state index in [0.29, 0.717) is 27.8 Å². The standard InChI is InChI=1S/C27H18O4/c28-23(21-15-14-18-8-4-5-11-20(18)16-21)17-30-26-22-12-6-7-13-24(22)31-27(26)25(29)19-9-2-1-3-10-19/h1-16H,17H2. The number of hydrogen-bond donors (Lipinski definition) is 0. The number of para-hydroxylation sites is 1. The van der Waals surface area contributed by atoms with Crippen molar-refractivity contribution in [1.29, 1.82) is 0 Å². The third kappa shape index (κ3) is 3.60. The fourth-order valence-corrected chi connectivity index (χ4v) is 3.62. The van der Waals surface area contributed by atoms with Crippen molar-refractivity contribution in [2.24, 2.45) is 0 Å². The molecule has 1 aromatic heterocycles. The molecule has 4 nitrogen and oxygen atoms in total. The maximum atomic E-state index is 13.0. The van der Waals surface area contributed by atoms with Gasteiger partial charge in [-0.3, -0.25) is 9.59 Å². The van der Waals surface area contributed by atoms with Gasteiger partial charge in [-0.05, 0) is 29.0 Å². The number of ether oxygens (including phenoxy) is 1. The van der Waals surface area contributed by atoms with Crippen molar-refractivity contribution in [1.82, 2.24) is 0 Å². The molecule has 5 rings (SSSR count). The zero-order valence-electron chi connectivity index (χ0n) is 16.6. The molecule has 1 heterocycles. The number of rotatable bonds is 6. The Morgan fingerprint density at radius 2 is 1.42 bits per heavy atom. The Labute approximate surface area is 178 Å². The van der Waals surface area contributed by atoms with Crippen LogP contribution in [-0.4, -0.2) is 18.2 Å². The summed E-state index contributed by atoms with van der Waals surface area (Å²) >= 11 is 0. The molecule has 0 unspecified atom stereocenters. The molecule has 4 heteroatoms. The van der Waals surface area contributed by atoms with Crippen LogP contribution in [0.15, 0.2) is 101 Å². The number of benzene rings is 4. The third-order valence-electron chi connectivity index (χ3n) is 5.21. The van der Waals surface area contributed by atoms with Crippen molar-refractivity contribution in [3.63, 3.8) is 0 Å². The van der Waals surface area contributed by atoms with Crippen molar-refractivity contribution in [3.8, 4) is 5.75 Å². The zero-order chi connectivity index (χ0) is 21.2. The molecule has 0 aliphatic heterocycles. The minimum absolute atomic E-state index is 0.0960. The number of furan rings is 1. The number of fused-ring (bicyclic) bond motifs is 2. The van der Waals surface area contributed by atoms with Crippen LogP contribution in [0.4, 0.5) is 0 Å². The summed E-state index contributed by atoms with van der Waals surface area (Å²) in [6.45, 7) is -0.197. The van der Waals surface area contributed by atoms with E-state index in [9.17, 15) is 9.59 Å². The highest BCUT2D eigenvalue weighted by atomic mass is 16.5. The van der Waals surface area contributed by atoms with E-state index in [1.54, 1.807) is 36.4 Å². The highest BCUT2D eigenvalue weighted by Crippen LogP contribution is 2.34. The van der Waals surface area contributed by atoms with Crippen LogP contribution >= 0.6 is 0 Å². The second kappa shape index (κ2) is 7.92. The highest BCUT2D eigenvalue weighted by molar-refractivity contribution is 6.12. The van der Waals surface area contributed by atoms with Crippen LogP contribution in [0.25, 0.3) is 21.7 Å². The molecule has 0 amide bonds. The summed E-state index contributed by atoms with van der Waals surface area (Å²) in [6, 6.07) is 29.5. The Kier molecular flexibility index (Phi) is 4.81. The Morgan fingerprint density at radius 3 is 2.26 bits per heavy atom. The van der Waals surface area contributed by atoms with E-state index >= 15 is 0 Å². The molecule has 0 atom stereocenters. The Bertz CT molecular complexity index is 1410. The molecule has 5 aromatic rings. The number of hydrogen-bond acceptors (Lipinski definition) is 4. The fourth-order valence-electron chi connectivity index (χ4n) is 3.62. The summed E-state index contributed by atoms with van der Waals surface area (Å²) in [7, 11) is 0. The summed E-state index contributed by atoms with van der Waals surface area (Å²) in [5.41, 5.74) is 1.59. The lowest BCUT2D eigenvalue weighted by Crippen LogP contribution is -2.13. The van der Waals surface area contributed by atoms with Crippen LogP contribution in [0.5, 0.6) is 5.75 Å². The number of carbonyl (C=O) groups is 2. The molecule has 0 bridgehead atoms. The molecule has 0 saturated heterocycles. The minimum Gasteiger partial charge on any atom is -0.481 e. The van der Waals surface area contributed by atoms with Crippen LogP contribution in [0.1, 0.15) is 26.5 Å². The average molecular weight is 406 g/mol. The fraction of sp³-hybridized carbons (Fsp3) is 0.0370. The van der Waals surface area contributed by atoms with Gasteiger partial charge in [-0.15, -0.1) is 0 Å². The smallest absolute Gasteiger partial charge is 0.232 e. The first-order valence-electron chi connectivity index (χ1n) is 9.97. The highest BCUT2D eigenvalue weighted by Gasteiger charge is 2.24. The molecule has 0 fully saturated rings.